The van der Waals surface area contributed by atoms with Crippen molar-refractivity contribution in [3.8, 4) is 0 Å². The first kappa shape index (κ1) is 21.3. The van der Waals surface area contributed by atoms with E-state index in [2.05, 4.69) is 38.1 Å². The highest BCUT2D eigenvalue weighted by Crippen LogP contribution is 2.56. The summed E-state index contributed by atoms with van der Waals surface area (Å²) < 4.78 is 0. The molecule has 0 heterocycles. The van der Waals surface area contributed by atoms with Crippen molar-refractivity contribution < 1.29 is 0 Å². The van der Waals surface area contributed by atoms with Gasteiger partial charge in [-0.2, -0.15) is 0 Å². The van der Waals surface area contributed by atoms with Crippen LogP contribution in [-0.2, 0) is 5.41 Å². The van der Waals surface area contributed by atoms with E-state index in [9.17, 15) is 0 Å². The maximum absolute atomic E-state index is 6.82. The number of rotatable bonds is 7. The number of anilines is 2. The van der Waals surface area contributed by atoms with Crippen LogP contribution >= 0.6 is 0 Å². The zero-order valence-corrected chi connectivity index (χ0v) is 18.3. The molecule has 2 aliphatic rings. The fraction of sp³-hybridized carbons (Fsp3) is 0.692. The number of allylic oxidation sites excluding steroid dienone is 2. The minimum absolute atomic E-state index is 0.152. The quantitative estimate of drug-likeness (QED) is 0.384. The molecule has 0 aliphatic heterocycles. The molecule has 0 atom stereocenters. The molecule has 3 rings (SSSR count). The smallest absolute Gasteiger partial charge is 0.0402 e. The Morgan fingerprint density at radius 1 is 0.893 bits per heavy atom. The highest BCUT2D eigenvalue weighted by Gasteiger charge is 2.48. The van der Waals surface area contributed by atoms with Gasteiger partial charge in [-0.05, 0) is 75.3 Å². The van der Waals surface area contributed by atoms with E-state index in [1.807, 2.05) is 0 Å². The van der Waals surface area contributed by atoms with Crippen LogP contribution in [0.4, 0.5) is 11.4 Å². The Labute approximate surface area is 173 Å². The molecule has 2 heteroatoms. The highest BCUT2D eigenvalue weighted by atomic mass is 14.7. The Kier molecular flexibility index (Phi) is 7.48. The Morgan fingerprint density at radius 3 is 2.00 bits per heavy atom. The SMILES string of the molecule is CC/C=C/CCC(c1c(N)ccc(C)c1N)(C1CCCCC1)C1CCCCC1. The van der Waals surface area contributed by atoms with Gasteiger partial charge in [-0.3, -0.25) is 0 Å². The van der Waals surface area contributed by atoms with Crippen LogP contribution in [0.3, 0.4) is 0 Å². The van der Waals surface area contributed by atoms with Crippen molar-refractivity contribution in [2.75, 3.05) is 11.5 Å². The molecule has 2 aliphatic carbocycles. The average Bonchev–Trinajstić information content (AvgIpc) is 2.74. The average molecular weight is 383 g/mol. The standard InChI is InChI=1S/C26H42N2/c1-3-4-5-12-19-26(21-13-8-6-9-14-21,22-15-10-7-11-16-22)24-23(27)18-17-20(2)25(24)28/h4-5,17-18,21-22H,3,6-16,19,27-28H2,1-2H3/b5-4+. The molecule has 0 bridgehead atoms. The molecule has 2 saturated carbocycles. The van der Waals surface area contributed by atoms with Gasteiger partial charge in [0.1, 0.15) is 0 Å². The molecule has 0 aromatic heterocycles. The van der Waals surface area contributed by atoms with Gasteiger partial charge >= 0.3 is 0 Å². The van der Waals surface area contributed by atoms with E-state index in [-0.39, 0.29) is 5.41 Å². The van der Waals surface area contributed by atoms with Crippen molar-refractivity contribution >= 4 is 11.4 Å². The molecule has 1 aromatic rings. The highest BCUT2D eigenvalue weighted by molar-refractivity contribution is 5.68. The van der Waals surface area contributed by atoms with Gasteiger partial charge in [0.05, 0.1) is 0 Å². The van der Waals surface area contributed by atoms with Gasteiger partial charge in [0, 0.05) is 22.4 Å². The first-order valence-electron chi connectivity index (χ1n) is 11.9. The first-order valence-corrected chi connectivity index (χ1v) is 11.9. The van der Waals surface area contributed by atoms with E-state index < -0.39 is 0 Å². The van der Waals surface area contributed by atoms with Crippen LogP contribution in [0.1, 0.15) is 102 Å². The summed E-state index contributed by atoms with van der Waals surface area (Å²) >= 11 is 0. The minimum Gasteiger partial charge on any atom is -0.398 e. The fourth-order valence-corrected chi connectivity index (χ4v) is 6.38. The van der Waals surface area contributed by atoms with Gasteiger partial charge in [0.15, 0.2) is 0 Å². The second-order valence-corrected chi connectivity index (χ2v) is 9.39. The molecule has 2 fully saturated rings. The number of hydrogen-bond donors (Lipinski definition) is 2. The van der Waals surface area contributed by atoms with E-state index in [1.54, 1.807) is 0 Å². The van der Waals surface area contributed by atoms with Crippen molar-refractivity contribution in [2.24, 2.45) is 11.8 Å². The monoisotopic (exact) mass is 382 g/mol. The molecule has 2 nitrogen and oxygen atoms in total. The van der Waals surface area contributed by atoms with E-state index in [4.69, 9.17) is 11.5 Å². The molecule has 156 valence electrons. The van der Waals surface area contributed by atoms with Crippen LogP contribution in [0.2, 0.25) is 0 Å². The van der Waals surface area contributed by atoms with Crippen LogP contribution < -0.4 is 11.5 Å². The van der Waals surface area contributed by atoms with E-state index in [1.165, 1.54) is 81.8 Å². The molecular formula is C26H42N2. The van der Waals surface area contributed by atoms with Crippen molar-refractivity contribution in [2.45, 2.75) is 103 Å². The van der Waals surface area contributed by atoms with Crippen LogP contribution in [-0.4, -0.2) is 0 Å². The lowest BCUT2D eigenvalue weighted by Gasteiger charge is -2.51. The first-order chi connectivity index (χ1) is 13.6. The largest absolute Gasteiger partial charge is 0.398 e. The van der Waals surface area contributed by atoms with Crippen molar-refractivity contribution in [3.05, 3.63) is 35.4 Å². The molecule has 0 spiro atoms. The summed E-state index contributed by atoms with van der Waals surface area (Å²) in [5.41, 5.74) is 18.1. The van der Waals surface area contributed by atoms with Crippen molar-refractivity contribution in [1.29, 1.82) is 0 Å². The van der Waals surface area contributed by atoms with Gasteiger partial charge in [0.2, 0.25) is 0 Å². The second-order valence-electron chi connectivity index (χ2n) is 9.39. The van der Waals surface area contributed by atoms with Crippen LogP contribution in [0, 0.1) is 18.8 Å². The van der Waals surface area contributed by atoms with Crippen molar-refractivity contribution in [1.82, 2.24) is 0 Å². The maximum Gasteiger partial charge on any atom is 0.0402 e. The van der Waals surface area contributed by atoms with Gasteiger partial charge in [-0.1, -0.05) is 63.7 Å². The van der Waals surface area contributed by atoms with Gasteiger partial charge in [-0.25, -0.2) is 0 Å². The number of aryl methyl sites for hydroxylation is 1. The van der Waals surface area contributed by atoms with E-state index in [0.29, 0.717) is 0 Å². The molecule has 28 heavy (non-hydrogen) atoms. The molecule has 4 N–H and O–H groups in total. The Morgan fingerprint density at radius 2 is 1.46 bits per heavy atom. The van der Waals surface area contributed by atoms with Crippen LogP contribution in [0.5, 0.6) is 0 Å². The van der Waals surface area contributed by atoms with Crippen LogP contribution in [0.25, 0.3) is 0 Å². The van der Waals surface area contributed by atoms with Gasteiger partial charge in [0.25, 0.3) is 0 Å². The lowest BCUT2D eigenvalue weighted by Crippen LogP contribution is -2.45. The topological polar surface area (TPSA) is 52.0 Å². The predicted octanol–water partition coefficient (Wildman–Crippen LogP) is 7.30. The molecule has 1 aromatic carbocycles. The summed E-state index contributed by atoms with van der Waals surface area (Å²) in [6.45, 7) is 4.38. The zero-order valence-electron chi connectivity index (χ0n) is 18.3. The normalized spacial score (nSPS) is 20.1. The Hall–Kier alpha value is -1.44. The third kappa shape index (κ3) is 4.26. The van der Waals surface area contributed by atoms with Gasteiger partial charge < -0.3 is 11.5 Å². The van der Waals surface area contributed by atoms with E-state index >= 15 is 0 Å². The number of nitrogens with two attached hydrogens (primary N) is 2. The lowest BCUT2D eigenvalue weighted by molar-refractivity contribution is 0.0916. The number of nitrogen functional groups attached to an aromatic ring is 2. The molecule has 0 amide bonds. The summed E-state index contributed by atoms with van der Waals surface area (Å²) in [5.74, 6) is 1.46. The molecule has 0 radical (unpaired) electrons. The summed E-state index contributed by atoms with van der Waals surface area (Å²) in [7, 11) is 0. The summed E-state index contributed by atoms with van der Waals surface area (Å²) in [6.07, 6.45) is 21.9. The summed E-state index contributed by atoms with van der Waals surface area (Å²) in [4.78, 5) is 0. The third-order valence-corrected chi connectivity index (χ3v) is 7.76. The van der Waals surface area contributed by atoms with Crippen LogP contribution in [0.15, 0.2) is 24.3 Å². The van der Waals surface area contributed by atoms with Crippen molar-refractivity contribution in [3.63, 3.8) is 0 Å². The lowest BCUT2D eigenvalue weighted by atomic mass is 9.53. The third-order valence-electron chi connectivity index (χ3n) is 7.76. The molecule has 0 saturated heterocycles. The predicted molar refractivity (Wildman–Crippen MR) is 123 cm³/mol. The Bertz CT molecular complexity index is 631. The van der Waals surface area contributed by atoms with Gasteiger partial charge in [-0.15, -0.1) is 0 Å². The zero-order chi connectivity index (χ0) is 20.0. The number of benzene rings is 1. The Balaban J connectivity index is 2.13. The minimum atomic E-state index is 0.152. The number of hydrogen-bond acceptors (Lipinski definition) is 2. The molecular weight excluding hydrogens is 340 g/mol. The summed E-state index contributed by atoms with van der Waals surface area (Å²) in [6, 6.07) is 4.24. The van der Waals surface area contributed by atoms with E-state index in [0.717, 1.165) is 36.1 Å². The molecule has 0 unspecified atom stereocenters. The maximum atomic E-state index is 6.82. The second kappa shape index (κ2) is 9.85. The fourth-order valence-electron chi connectivity index (χ4n) is 6.38. The summed E-state index contributed by atoms with van der Waals surface area (Å²) in [5, 5.41) is 0.